The third-order valence-corrected chi connectivity index (χ3v) is 4.40. The Balaban J connectivity index is 1.68. The predicted molar refractivity (Wildman–Crippen MR) is 103 cm³/mol. The van der Waals surface area contributed by atoms with Crippen molar-refractivity contribution in [2.75, 3.05) is 0 Å². The third kappa shape index (κ3) is 3.78. The standard InChI is InChI=1S/C22H14F3N3O/c1-13-5-7-18-19(9-13)28-21(27-18)15(12-26)11-17-6-8-20(29-17)14-3-2-4-16(10-14)22(23,24)25/h2-11H,1H3,(H,27,28)/b15-11-. The van der Waals surface area contributed by atoms with Crippen molar-refractivity contribution < 1.29 is 17.6 Å². The molecule has 0 saturated carbocycles. The number of furan rings is 1. The first-order valence-corrected chi connectivity index (χ1v) is 8.69. The number of hydrogen-bond acceptors (Lipinski definition) is 3. The fraction of sp³-hybridized carbons (Fsp3) is 0.0909. The SMILES string of the molecule is Cc1ccc2nc(/C(C#N)=C\c3ccc(-c4cccc(C(F)(F)F)c4)o3)[nH]c2c1. The highest BCUT2D eigenvalue weighted by atomic mass is 19.4. The van der Waals surface area contributed by atoms with Crippen LogP contribution in [-0.2, 0) is 6.18 Å². The topological polar surface area (TPSA) is 65.6 Å². The Bertz CT molecular complexity index is 1270. The van der Waals surface area contributed by atoms with E-state index in [1.807, 2.05) is 25.1 Å². The summed E-state index contributed by atoms with van der Waals surface area (Å²) in [5.74, 6) is 1.01. The maximum atomic E-state index is 12.9. The van der Waals surface area contributed by atoms with Crippen LogP contribution in [0, 0.1) is 18.3 Å². The van der Waals surface area contributed by atoms with Crippen LogP contribution in [0.15, 0.2) is 59.0 Å². The average molecular weight is 393 g/mol. The molecular weight excluding hydrogens is 379 g/mol. The number of alkyl halides is 3. The number of nitrogens with one attached hydrogen (secondary N) is 1. The summed E-state index contributed by atoms with van der Waals surface area (Å²) in [5, 5.41) is 9.53. The molecule has 4 rings (SSSR count). The van der Waals surface area contributed by atoms with E-state index in [0.29, 0.717) is 17.1 Å². The van der Waals surface area contributed by atoms with E-state index in [9.17, 15) is 18.4 Å². The number of H-pyrrole nitrogens is 1. The Morgan fingerprint density at radius 1 is 1.14 bits per heavy atom. The average Bonchev–Trinajstić information content (AvgIpc) is 3.32. The Morgan fingerprint density at radius 2 is 1.97 bits per heavy atom. The number of nitriles is 1. The smallest absolute Gasteiger partial charge is 0.416 e. The predicted octanol–water partition coefficient (Wildman–Crippen LogP) is 6.21. The van der Waals surface area contributed by atoms with Crippen LogP contribution in [0.25, 0.3) is 34.0 Å². The lowest BCUT2D eigenvalue weighted by Crippen LogP contribution is -2.04. The lowest BCUT2D eigenvalue weighted by molar-refractivity contribution is -0.137. The van der Waals surface area contributed by atoms with Gasteiger partial charge in [0.25, 0.3) is 0 Å². The van der Waals surface area contributed by atoms with Gasteiger partial charge in [0.05, 0.1) is 22.2 Å². The van der Waals surface area contributed by atoms with Gasteiger partial charge >= 0.3 is 6.18 Å². The van der Waals surface area contributed by atoms with Crippen molar-refractivity contribution in [3.63, 3.8) is 0 Å². The van der Waals surface area contributed by atoms with Crippen LogP contribution in [-0.4, -0.2) is 9.97 Å². The van der Waals surface area contributed by atoms with Gasteiger partial charge in [-0.1, -0.05) is 18.2 Å². The molecule has 1 N–H and O–H groups in total. The summed E-state index contributed by atoms with van der Waals surface area (Å²) in [6.07, 6.45) is -2.93. The van der Waals surface area contributed by atoms with Gasteiger partial charge in [0.15, 0.2) is 0 Å². The van der Waals surface area contributed by atoms with E-state index in [1.54, 1.807) is 12.1 Å². The van der Waals surface area contributed by atoms with E-state index < -0.39 is 11.7 Å². The van der Waals surface area contributed by atoms with Crippen molar-refractivity contribution >= 4 is 22.7 Å². The van der Waals surface area contributed by atoms with E-state index in [1.165, 1.54) is 18.2 Å². The summed E-state index contributed by atoms with van der Waals surface area (Å²) in [4.78, 5) is 7.51. The summed E-state index contributed by atoms with van der Waals surface area (Å²) in [5.41, 5.74) is 2.41. The van der Waals surface area contributed by atoms with Crippen molar-refractivity contribution in [1.82, 2.24) is 9.97 Å². The number of fused-ring (bicyclic) bond motifs is 1. The zero-order valence-corrected chi connectivity index (χ0v) is 15.2. The van der Waals surface area contributed by atoms with Gasteiger partial charge in [-0.15, -0.1) is 0 Å². The third-order valence-electron chi connectivity index (χ3n) is 4.40. The first-order chi connectivity index (χ1) is 13.8. The number of nitrogens with zero attached hydrogens (tertiary/aromatic N) is 2. The maximum absolute atomic E-state index is 12.9. The second kappa shape index (κ2) is 6.99. The summed E-state index contributed by atoms with van der Waals surface area (Å²) in [7, 11) is 0. The fourth-order valence-corrected chi connectivity index (χ4v) is 2.98. The van der Waals surface area contributed by atoms with Crippen LogP contribution in [0.4, 0.5) is 13.2 Å². The molecule has 0 aliphatic heterocycles. The first-order valence-electron chi connectivity index (χ1n) is 8.69. The van der Waals surface area contributed by atoms with Crippen molar-refractivity contribution in [3.8, 4) is 17.4 Å². The largest absolute Gasteiger partial charge is 0.457 e. The summed E-state index contributed by atoms with van der Waals surface area (Å²) >= 11 is 0. The van der Waals surface area contributed by atoms with Crippen molar-refractivity contribution in [2.45, 2.75) is 13.1 Å². The summed E-state index contributed by atoms with van der Waals surface area (Å²) in [6.45, 7) is 1.96. The van der Waals surface area contributed by atoms with E-state index in [4.69, 9.17) is 4.42 Å². The van der Waals surface area contributed by atoms with Crippen LogP contribution < -0.4 is 0 Å². The minimum Gasteiger partial charge on any atom is -0.457 e. The van der Waals surface area contributed by atoms with Gasteiger partial charge in [-0.2, -0.15) is 18.4 Å². The number of hydrogen-bond donors (Lipinski definition) is 1. The molecule has 0 radical (unpaired) electrons. The Morgan fingerprint density at radius 3 is 2.72 bits per heavy atom. The van der Waals surface area contributed by atoms with Crippen LogP contribution in [0.1, 0.15) is 22.7 Å². The lowest BCUT2D eigenvalue weighted by Gasteiger charge is -2.07. The van der Waals surface area contributed by atoms with E-state index in [0.717, 1.165) is 28.7 Å². The minimum atomic E-state index is -4.43. The van der Waals surface area contributed by atoms with Crippen LogP contribution in [0.3, 0.4) is 0 Å². The van der Waals surface area contributed by atoms with Crippen LogP contribution in [0.5, 0.6) is 0 Å². The molecule has 0 saturated heterocycles. The highest BCUT2D eigenvalue weighted by Gasteiger charge is 2.30. The van der Waals surface area contributed by atoms with E-state index in [-0.39, 0.29) is 11.3 Å². The zero-order chi connectivity index (χ0) is 20.6. The molecule has 0 spiro atoms. The molecule has 0 bridgehead atoms. The van der Waals surface area contributed by atoms with Crippen molar-refractivity contribution in [3.05, 3.63) is 77.3 Å². The molecule has 4 aromatic rings. The number of aromatic amines is 1. The number of rotatable bonds is 3. The number of aromatic nitrogens is 2. The Kier molecular flexibility index (Phi) is 4.47. The highest BCUT2D eigenvalue weighted by Crippen LogP contribution is 2.33. The van der Waals surface area contributed by atoms with Crippen molar-refractivity contribution in [1.29, 1.82) is 5.26 Å². The van der Waals surface area contributed by atoms with Crippen molar-refractivity contribution in [2.24, 2.45) is 0 Å². The second-order valence-electron chi connectivity index (χ2n) is 6.56. The molecule has 144 valence electrons. The minimum absolute atomic E-state index is 0.254. The first kappa shape index (κ1) is 18.6. The van der Waals surface area contributed by atoms with Crippen LogP contribution in [0.2, 0.25) is 0 Å². The maximum Gasteiger partial charge on any atom is 0.416 e. The van der Waals surface area contributed by atoms with Gasteiger partial charge < -0.3 is 9.40 Å². The van der Waals surface area contributed by atoms with Crippen LogP contribution >= 0.6 is 0 Å². The summed E-state index contributed by atoms with van der Waals surface area (Å²) < 4.78 is 44.4. The lowest BCUT2D eigenvalue weighted by atomic mass is 10.1. The monoisotopic (exact) mass is 393 g/mol. The van der Waals surface area contributed by atoms with Gasteiger partial charge in [0.2, 0.25) is 0 Å². The molecule has 0 aliphatic rings. The summed E-state index contributed by atoms with van der Waals surface area (Å²) in [6, 6.07) is 15.9. The Hall–Kier alpha value is -3.79. The molecule has 7 heteroatoms. The molecule has 0 fully saturated rings. The van der Waals surface area contributed by atoms with E-state index >= 15 is 0 Å². The number of halogens is 3. The second-order valence-corrected chi connectivity index (χ2v) is 6.56. The number of aryl methyl sites for hydroxylation is 1. The normalized spacial score (nSPS) is 12.3. The highest BCUT2D eigenvalue weighted by molar-refractivity contribution is 5.89. The zero-order valence-electron chi connectivity index (χ0n) is 15.2. The molecule has 29 heavy (non-hydrogen) atoms. The number of benzene rings is 2. The van der Waals surface area contributed by atoms with E-state index in [2.05, 4.69) is 16.0 Å². The quantitative estimate of drug-likeness (QED) is 0.421. The molecule has 0 aliphatic carbocycles. The van der Waals surface area contributed by atoms with Gasteiger partial charge in [-0.3, -0.25) is 0 Å². The fourth-order valence-electron chi connectivity index (χ4n) is 2.98. The molecule has 2 aromatic heterocycles. The molecule has 2 heterocycles. The molecule has 2 aromatic carbocycles. The van der Waals surface area contributed by atoms with Gasteiger partial charge in [0, 0.05) is 11.6 Å². The van der Waals surface area contributed by atoms with Gasteiger partial charge in [-0.05, 0) is 48.9 Å². The number of allylic oxidation sites excluding steroid dienone is 1. The van der Waals surface area contributed by atoms with Gasteiger partial charge in [0.1, 0.15) is 23.4 Å². The molecule has 4 nitrogen and oxygen atoms in total. The number of imidazole rings is 1. The molecule has 0 atom stereocenters. The van der Waals surface area contributed by atoms with Gasteiger partial charge in [-0.25, -0.2) is 4.98 Å². The Labute approximate surface area is 163 Å². The molecular formula is C22H14F3N3O. The molecule has 0 unspecified atom stereocenters. The molecule has 0 amide bonds.